The van der Waals surface area contributed by atoms with E-state index in [1.165, 1.54) is 6.07 Å². The van der Waals surface area contributed by atoms with Gasteiger partial charge in [0.15, 0.2) is 6.10 Å². The van der Waals surface area contributed by atoms with Crippen molar-refractivity contribution in [3.63, 3.8) is 0 Å². The van der Waals surface area contributed by atoms with Gasteiger partial charge in [0.1, 0.15) is 5.75 Å². The van der Waals surface area contributed by atoms with Crippen LogP contribution in [0, 0.1) is 0 Å². The number of nitrogens with zero attached hydrogens (tertiary/aromatic N) is 1. The van der Waals surface area contributed by atoms with Gasteiger partial charge in [0.2, 0.25) is 10.0 Å². The second kappa shape index (κ2) is 7.89. The van der Waals surface area contributed by atoms with E-state index in [-0.39, 0.29) is 30.2 Å². The SMILES string of the molecule is CCOC(=O)c1ccccc1NC(=O)[C@@H]1CN(S(C)(=O)=O)c2ccccc2O1. The lowest BCUT2D eigenvalue weighted by Gasteiger charge is -2.33. The number of benzene rings is 2. The van der Waals surface area contributed by atoms with Crippen molar-refractivity contribution < 1.29 is 27.5 Å². The van der Waals surface area contributed by atoms with E-state index in [1.54, 1.807) is 49.4 Å². The van der Waals surface area contributed by atoms with Crippen molar-refractivity contribution in [2.75, 3.05) is 29.0 Å². The maximum atomic E-state index is 12.8. The summed E-state index contributed by atoms with van der Waals surface area (Å²) in [6, 6.07) is 13.0. The summed E-state index contributed by atoms with van der Waals surface area (Å²) in [5.41, 5.74) is 0.842. The number of nitrogens with one attached hydrogen (secondary N) is 1. The smallest absolute Gasteiger partial charge is 0.340 e. The molecule has 0 radical (unpaired) electrons. The van der Waals surface area contributed by atoms with Gasteiger partial charge < -0.3 is 14.8 Å². The lowest BCUT2D eigenvalue weighted by atomic mass is 10.1. The zero-order valence-electron chi connectivity index (χ0n) is 15.4. The minimum Gasteiger partial charge on any atom is -0.476 e. The lowest BCUT2D eigenvalue weighted by Crippen LogP contribution is -2.48. The number of rotatable bonds is 5. The van der Waals surface area contributed by atoms with Gasteiger partial charge in [-0.1, -0.05) is 24.3 Å². The number of esters is 1. The van der Waals surface area contributed by atoms with Crippen LogP contribution in [0.25, 0.3) is 0 Å². The zero-order valence-corrected chi connectivity index (χ0v) is 16.2. The Balaban J connectivity index is 1.86. The molecule has 1 heterocycles. The normalized spacial score (nSPS) is 15.9. The molecule has 1 N–H and O–H groups in total. The third-order valence-corrected chi connectivity index (χ3v) is 5.25. The Morgan fingerprint density at radius 3 is 2.57 bits per heavy atom. The molecule has 3 rings (SSSR count). The van der Waals surface area contributed by atoms with Crippen LogP contribution >= 0.6 is 0 Å². The molecule has 28 heavy (non-hydrogen) atoms. The van der Waals surface area contributed by atoms with Crippen molar-refractivity contribution >= 4 is 33.3 Å². The molecule has 0 aromatic heterocycles. The molecule has 0 spiro atoms. The molecule has 0 saturated carbocycles. The first-order valence-corrected chi connectivity index (χ1v) is 10.5. The van der Waals surface area contributed by atoms with E-state index in [4.69, 9.17) is 9.47 Å². The Morgan fingerprint density at radius 1 is 1.18 bits per heavy atom. The molecule has 2 aromatic rings. The summed E-state index contributed by atoms with van der Waals surface area (Å²) in [6.07, 6.45) is -0.0139. The van der Waals surface area contributed by atoms with E-state index in [9.17, 15) is 18.0 Å². The van der Waals surface area contributed by atoms with Crippen molar-refractivity contribution in [3.8, 4) is 5.75 Å². The third-order valence-electron chi connectivity index (χ3n) is 4.11. The second-order valence-corrected chi connectivity index (χ2v) is 8.03. The fourth-order valence-corrected chi connectivity index (χ4v) is 3.76. The number of para-hydroxylation sites is 3. The number of anilines is 2. The molecule has 0 aliphatic carbocycles. The Kier molecular flexibility index (Phi) is 5.55. The van der Waals surface area contributed by atoms with Crippen LogP contribution in [0.5, 0.6) is 5.75 Å². The molecule has 0 unspecified atom stereocenters. The number of ether oxygens (including phenoxy) is 2. The van der Waals surface area contributed by atoms with Crippen LogP contribution in [0.4, 0.5) is 11.4 Å². The average molecular weight is 404 g/mol. The van der Waals surface area contributed by atoms with Crippen LogP contribution in [0.3, 0.4) is 0 Å². The zero-order chi connectivity index (χ0) is 20.3. The lowest BCUT2D eigenvalue weighted by molar-refractivity contribution is -0.122. The molecule has 0 fully saturated rings. The number of amides is 1. The Bertz CT molecular complexity index is 1000. The number of carbonyl (C=O) groups excluding carboxylic acids is 2. The highest BCUT2D eigenvalue weighted by Gasteiger charge is 2.35. The van der Waals surface area contributed by atoms with Gasteiger partial charge in [-0.15, -0.1) is 0 Å². The average Bonchev–Trinajstić information content (AvgIpc) is 2.67. The molecule has 1 atom stereocenters. The van der Waals surface area contributed by atoms with Crippen molar-refractivity contribution in [3.05, 3.63) is 54.1 Å². The molecule has 0 bridgehead atoms. The summed E-state index contributed by atoms with van der Waals surface area (Å²) in [5.74, 6) is -0.844. The number of hydrogen-bond donors (Lipinski definition) is 1. The topological polar surface area (TPSA) is 102 Å². The molecule has 9 heteroatoms. The molecule has 8 nitrogen and oxygen atoms in total. The predicted octanol–water partition coefficient (Wildman–Crippen LogP) is 2.03. The summed E-state index contributed by atoms with van der Waals surface area (Å²) >= 11 is 0. The second-order valence-electron chi connectivity index (χ2n) is 6.12. The molecule has 1 aliphatic heterocycles. The molecule has 1 amide bonds. The highest BCUT2D eigenvalue weighted by Crippen LogP contribution is 2.34. The van der Waals surface area contributed by atoms with Crippen LogP contribution in [0.1, 0.15) is 17.3 Å². The van der Waals surface area contributed by atoms with Crippen LogP contribution in [-0.4, -0.2) is 45.8 Å². The monoisotopic (exact) mass is 404 g/mol. The largest absolute Gasteiger partial charge is 0.476 e. The van der Waals surface area contributed by atoms with Crippen molar-refractivity contribution in [2.45, 2.75) is 13.0 Å². The van der Waals surface area contributed by atoms with Gasteiger partial charge in [-0.25, -0.2) is 13.2 Å². The summed E-state index contributed by atoms with van der Waals surface area (Å²) in [6.45, 7) is 1.71. The predicted molar refractivity (Wildman–Crippen MR) is 104 cm³/mol. The van der Waals surface area contributed by atoms with Gasteiger partial charge in [-0.3, -0.25) is 9.10 Å². The van der Waals surface area contributed by atoms with Gasteiger partial charge in [-0.2, -0.15) is 0 Å². The van der Waals surface area contributed by atoms with E-state index in [0.717, 1.165) is 10.6 Å². The number of fused-ring (bicyclic) bond motifs is 1. The molecular formula is C19H20N2O6S. The maximum Gasteiger partial charge on any atom is 0.340 e. The molecule has 148 valence electrons. The summed E-state index contributed by atoms with van der Waals surface area (Å²) < 4.78 is 36.2. The van der Waals surface area contributed by atoms with E-state index in [1.807, 2.05) is 0 Å². The maximum absolute atomic E-state index is 12.8. The van der Waals surface area contributed by atoms with E-state index >= 15 is 0 Å². The van der Waals surface area contributed by atoms with Crippen LogP contribution in [0.2, 0.25) is 0 Å². The van der Waals surface area contributed by atoms with Crippen LogP contribution in [0.15, 0.2) is 48.5 Å². The molecule has 1 aliphatic rings. The van der Waals surface area contributed by atoms with E-state index < -0.39 is 28.0 Å². The first kappa shape index (κ1) is 19.7. The van der Waals surface area contributed by atoms with E-state index in [0.29, 0.717) is 5.69 Å². The highest BCUT2D eigenvalue weighted by molar-refractivity contribution is 7.92. The summed E-state index contributed by atoms with van der Waals surface area (Å²) in [5, 5.41) is 2.64. The minimum atomic E-state index is -3.61. The van der Waals surface area contributed by atoms with Gasteiger partial charge >= 0.3 is 5.97 Å². The summed E-state index contributed by atoms with van der Waals surface area (Å²) in [4.78, 5) is 24.9. The van der Waals surface area contributed by atoms with Gasteiger partial charge in [0, 0.05) is 0 Å². The van der Waals surface area contributed by atoms with Crippen molar-refractivity contribution in [1.82, 2.24) is 0 Å². The van der Waals surface area contributed by atoms with Gasteiger partial charge in [0.05, 0.1) is 36.3 Å². The van der Waals surface area contributed by atoms with Crippen molar-refractivity contribution in [2.24, 2.45) is 0 Å². The Morgan fingerprint density at radius 2 is 1.86 bits per heavy atom. The minimum absolute atomic E-state index is 0.177. The molecular weight excluding hydrogens is 384 g/mol. The number of hydrogen-bond acceptors (Lipinski definition) is 6. The summed E-state index contributed by atoms with van der Waals surface area (Å²) in [7, 11) is -3.61. The number of sulfonamides is 1. The standard InChI is InChI=1S/C19H20N2O6S/c1-3-26-19(23)13-8-4-5-9-14(13)20-18(22)17-12-21(28(2,24)25)15-10-6-7-11-16(15)27-17/h4-11,17H,3,12H2,1-2H3,(H,20,22)/t17-/m0/s1. The van der Waals surface area contributed by atoms with Crippen molar-refractivity contribution in [1.29, 1.82) is 0 Å². The van der Waals surface area contributed by atoms with Gasteiger partial charge in [-0.05, 0) is 31.2 Å². The molecule has 0 saturated heterocycles. The van der Waals surface area contributed by atoms with Crippen LogP contribution in [-0.2, 0) is 19.6 Å². The molecule has 2 aromatic carbocycles. The Hall–Kier alpha value is -3.07. The first-order valence-electron chi connectivity index (χ1n) is 8.61. The fraction of sp³-hybridized carbons (Fsp3) is 0.263. The fourth-order valence-electron chi connectivity index (χ4n) is 2.85. The quantitative estimate of drug-likeness (QED) is 0.765. The third kappa shape index (κ3) is 4.09. The Labute approximate surface area is 163 Å². The van der Waals surface area contributed by atoms with E-state index in [2.05, 4.69) is 5.32 Å². The first-order chi connectivity index (χ1) is 13.3. The highest BCUT2D eigenvalue weighted by atomic mass is 32.2. The number of carbonyl (C=O) groups is 2. The van der Waals surface area contributed by atoms with Gasteiger partial charge in [0.25, 0.3) is 5.91 Å². The van der Waals surface area contributed by atoms with Crippen LogP contribution < -0.4 is 14.4 Å².